The Hall–Kier alpha value is -0.300. The molecule has 0 atom stereocenters. The number of nitrogens with one attached hydrogen (secondary N) is 1. The maximum absolute atomic E-state index is 11.7. The second kappa shape index (κ2) is 8.36. The summed E-state index contributed by atoms with van der Waals surface area (Å²) in [6.07, 6.45) is 0.590. The minimum Gasteiger partial charge on any atom is -0.444 e. The molecule has 0 saturated carbocycles. The van der Waals surface area contributed by atoms with Gasteiger partial charge in [0, 0.05) is 29.5 Å². The Kier molecular flexibility index (Phi) is 7.47. The van der Waals surface area contributed by atoms with Crippen molar-refractivity contribution in [2.45, 2.75) is 39.3 Å². The maximum atomic E-state index is 11.7. The van der Waals surface area contributed by atoms with E-state index in [0.717, 1.165) is 28.3 Å². The average Bonchev–Trinajstić information content (AvgIpc) is 2.66. The molecule has 0 aliphatic rings. The highest BCUT2D eigenvalue weighted by Crippen LogP contribution is 2.31. The molecule has 4 nitrogen and oxygen atoms in total. The van der Waals surface area contributed by atoms with Crippen molar-refractivity contribution in [1.82, 2.24) is 10.2 Å². The number of carbonyl (C=O) groups excluding carboxylic acids is 1. The zero-order valence-electron chi connectivity index (χ0n) is 12.8. The van der Waals surface area contributed by atoms with Crippen LogP contribution in [-0.4, -0.2) is 36.7 Å². The molecule has 0 radical (unpaired) electrons. The summed E-state index contributed by atoms with van der Waals surface area (Å²) in [5.74, 6) is 0. The molecular weight excluding hydrogens is 376 g/mol. The molecule has 0 aromatic carbocycles. The van der Waals surface area contributed by atoms with E-state index in [4.69, 9.17) is 16.3 Å². The number of thiophene rings is 1. The number of amides is 1. The van der Waals surface area contributed by atoms with Crippen LogP contribution in [0.2, 0.25) is 4.34 Å². The molecule has 0 fully saturated rings. The Morgan fingerprint density at radius 2 is 2.19 bits per heavy atom. The summed E-state index contributed by atoms with van der Waals surface area (Å²) < 4.78 is 7.01. The van der Waals surface area contributed by atoms with E-state index in [-0.39, 0.29) is 6.09 Å². The number of hydrogen-bond donors (Lipinski definition) is 1. The van der Waals surface area contributed by atoms with E-state index in [1.54, 1.807) is 23.3 Å². The summed E-state index contributed by atoms with van der Waals surface area (Å²) in [6.45, 7) is 7.88. The van der Waals surface area contributed by atoms with Crippen molar-refractivity contribution in [1.29, 1.82) is 0 Å². The van der Waals surface area contributed by atoms with Crippen LogP contribution >= 0.6 is 38.9 Å². The van der Waals surface area contributed by atoms with Gasteiger partial charge in [-0.15, -0.1) is 11.3 Å². The monoisotopic (exact) mass is 396 g/mol. The molecule has 1 aromatic rings. The molecule has 7 heteroatoms. The molecule has 0 bridgehead atoms. The molecule has 21 heavy (non-hydrogen) atoms. The lowest BCUT2D eigenvalue weighted by Gasteiger charge is -2.24. The van der Waals surface area contributed by atoms with Crippen LogP contribution < -0.4 is 5.32 Å². The molecule has 0 spiro atoms. The molecule has 1 amide bonds. The van der Waals surface area contributed by atoms with Crippen LogP contribution in [0, 0.1) is 0 Å². The van der Waals surface area contributed by atoms with E-state index in [1.807, 2.05) is 26.8 Å². The van der Waals surface area contributed by atoms with E-state index in [9.17, 15) is 4.79 Å². The van der Waals surface area contributed by atoms with Gasteiger partial charge in [-0.2, -0.15) is 0 Å². The summed E-state index contributed by atoms with van der Waals surface area (Å²) >= 11 is 10.9. The first-order chi connectivity index (χ1) is 9.69. The van der Waals surface area contributed by atoms with Gasteiger partial charge in [0.15, 0.2) is 0 Å². The first-order valence-electron chi connectivity index (χ1n) is 6.77. The topological polar surface area (TPSA) is 41.6 Å². The first-order valence-corrected chi connectivity index (χ1v) is 8.76. The smallest absolute Gasteiger partial charge is 0.410 e. The SMILES string of the molecule is CN(CCCNCc1cc(Br)c(Cl)s1)C(=O)OC(C)(C)C. The number of ether oxygens (including phenoxy) is 1. The summed E-state index contributed by atoms with van der Waals surface area (Å²) in [4.78, 5) is 14.5. The van der Waals surface area contributed by atoms with Crippen LogP contribution in [0.5, 0.6) is 0 Å². The van der Waals surface area contributed by atoms with Gasteiger partial charge in [-0.3, -0.25) is 0 Å². The maximum Gasteiger partial charge on any atom is 0.410 e. The van der Waals surface area contributed by atoms with E-state index >= 15 is 0 Å². The molecular formula is C14H22BrClN2O2S. The van der Waals surface area contributed by atoms with Crippen LogP contribution in [0.15, 0.2) is 10.5 Å². The predicted octanol–water partition coefficient (Wildman–Crippen LogP) is 4.51. The van der Waals surface area contributed by atoms with Gasteiger partial charge in [0.05, 0.1) is 0 Å². The van der Waals surface area contributed by atoms with Gasteiger partial charge in [0.2, 0.25) is 0 Å². The van der Waals surface area contributed by atoms with Gasteiger partial charge >= 0.3 is 6.09 Å². The van der Waals surface area contributed by atoms with E-state index in [1.165, 1.54) is 4.88 Å². The summed E-state index contributed by atoms with van der Waals surface area (Å²) in [6, 6.07) is 2.02. The summed E-state index contributed by atoms with van der Waals surface area (Å²) in [7, 11) is 1.75. The van der Waals surface area contributed by atoms with Crippen molar-refractivity contribution in [3.05, 3.63) is 19.8 Å². The first kappa shape index (κ1) is 18.7. The lowest BCUT2D eigenvalue weighted by atomic mass is 10.2. The van der Waals surface area contributed by atoms with E-state index in [0.29, 0.717) is 6.54 Å². The Labute approximate surface area is 143 Å². The molecule has 0 saturated heterocycles. The van der Waals surface area contributed by atoms with Crippen molar-refractivity contribution in [3.63, 3.8) is 0 Å². The third-order valence-corrected chi connectivity index (χ3v) is 5.02. The highest BCUT2D eigenvalue weighted by Gasteiger charge is 2.18. The fourth-order valence-electron chi connectivity index (χ4n) is 1.56. The van der Waals surface area contributed by atoms with Crippen molar-refractivity contribution in [3.8, 4) is 0 Å². The van der Waals surface area contributed by atoms with Crippen LogP contribution in [0.3, 0.4) is 0 Å². The van der Waals surface area contributed by atoms with Gasteiger partial charge in [0.1, 0.15) is 9.94 Å². The normalized spacial score (nSPS) is 11.5. The van der Waals surface area contributed by atoms with Crippen molar-refractivity contribution in [2.24, 2.45) is 0 Å². The van der Waals surface area contributed by atoms with Crippen molar-refractivity contribution < 1.29 is 9.53 Å². The molecule has 0 unspecified atom stereocenters. The van der Waals surface area contributed by atoms with Crippen LogP contribution in [0.4, 0.5) is 4.79 Å². The zero-order valence-corrected chi connectivity index (χ0v) is 16.0. The lowest BCUT2D eigenvalue weighted by Crippen LogP contribution is -2.35. The highest BCUT2D eigenvalue weighted by atomic mass is 79.9. The average molecular weight is 398 g/mol. The van der Waals surface area contributed by atoms with E-state index < -0.39 is 5.60 Å². The Bertz CT molecular complexity index is 455. The highest BCUT2D eigenvalue weighted by molar-refractivity contribution is 9.10. The van der Waals surface area contributed by atoms with Crippen LogP contribution in [0.1, 0.15) is 32.1 Å². The summed E-state index contributed by atoms with van der Waals surface area (Å²) in [5.41, 5.74) is -0.449. The third kappa shape index (κ3) is 7.49. The second-order valence-corrected chi connectivity index (χ2v) is 8.36. The Balaban J connectivity index is 2.17. The minimum absolute atomic E-state index is 0.281. The van der Waals surface area contributed by atoms with Crippen molar-refractivity contribution >= 4 is 45.0 Å². The quantitative estimate of drug-likeness (QED) is 0.718. The molecule has 1 N–H and O–H groups in total. The fraction of sp³-hybridized carbons (Fsp3) is 0.643. The molecule has 1 heterocycles. The lowest BCUT2D eigenvalue weighted by molar-refractivity contribution is 0.0297. The van der Waals surface area contributed by atoms with Gasteiger partial charge < -0.3 is 15.0 Å². The molecule has 1 rings (SSSR count). The van der Waals surface area contributed by atoms with Crippen molar-refractivity contribution in [2.75, 3.05) is 20.1 Å². The number of halogens is 2. The fourth-order valence-corrected chi connectivity index (χ4v) is 3.32. The number of nitrogens with zero attached hydrogens (tertiary/aromatic N) is 1. The minimum atomic E-state index is -0.449. The largest absolute Gasteiger partial charge is 0.444 e. The Morgan fingerprint density at radius 3 is 2.71 bits per heavy atom. The Morgan fingerprint density at radius 1 is 1.52 bits per heavy atom. The standard InChI is InChI=1S/C14H22BrClN2O2S/c1-14(2,3)20-13(19)18(4)7-5-6-17-9-10-8-11(15)12(16)21-10/h8,17H,5-7,9H2,1-4H3. The van der Waals surface area contributed by atoms with Gasteiger partial charge in [-0.1, -0.05) is 11.6 Å². The zero-order chi connectivity index (χ0) is 16.0. The number of rotatable bonds is 6. The molecule has 0 aliphatic carbocycles. The second-order valence-electron chi connectivity index (χ2n) is 5.77. The summed E-state index contributed by atoms with van der Waals surface area (Å²) in [5, 5.41) is 3.34. The predicted molar refractivity (Wildman–Crippen MR) is 92.2 cm³/mol. The van der Waals surface area contributed by atoms with Gasteiger partial charge in [-0.25, -0.2) is 4.79 Å². The molecule has 0 aliphatic heterocycles. The van der Waals surface area contributed by atoms with Crippen LogP contribution in [-0.2, 0) is 11.3 Å². The number of hydrogen-bond acceptors (Lipinski definition) is 4. The number of carbonyl (C=O) groups is 1. The van der Waals surface area contributed by atoms with E-state index in [2.05, 4.69) is 21.2 Å². The molecule has 120 valence electrons. The molecule has 1 aromatic heterocycles. The van der Waals surface area contributed by atoms with Gasteiger partial charge in [-0.05, 0) is 55.7 Å². The van der Waals surface area contributed by atoms with Gasteiger partial charge in [0.25, 0.3) is 0 Å². The van der Waals surface area contributed by atoms with Crippen LogP contribution in [0.25, 0.3) is 0 Å². The third-order valence-electron chi connectivity index (χ3n) is 2.55.